The van der Waals surface area contributed by atoms with Crippen LogP contribution in [-0.4, -0.2) is 26.1 Å². The Morgan fingerprint density at radius 2 is 1.82 bits per heavy atom. The van der Waals surface area contributed by atoms with E-state index in [1.807, 2.05) is 4.57 Å². The van der Waals surface area contributed by atoms with E-state index in [1.165, 1.54) is 30.3 Å². The molecule has 0 unspecified atom stereocenters. The highest BCUT2D eigenvalue weighted by Gasteiger charge is 2.15. The third-order valence-corrected chi connectivity index (χ3v) is 3.97. The van der Waals surface area contributed by atoms with Crippen LogP contribution in [0.1, 0.15) is 45.4 Å². The molecule has 7 nitrogen and oxygen atoms in total. The minimum absolute atomic E-state index is 0.377. The number of nitrogens with zero attached hydrogens (tertiary/aromatic N) is 3. The highest BCUT2D eigenvalue weighted by Crippen LogP contribution is 2.16. The second kappa shape index (κ2) is 7.29. The fraction of sp³-hybridized carbons (Fsp3) is 0.667. The number of fused-ring (bicyclic) bond motifs is 1. The molecule has 0 atom stereocenters. The Balaban J connectivity index is 2.23. The van der Waals surface area contributed by atoms with Gasteiger partial charge in [-0.05, 0) is 6.42 Å². The zero-order chi connectivity index (χ0) is 16.1. The van der Waals surface area contributed by atoms with Gasteiger partial charge in [-0.25, -0.2) is 4.79 Å². The lowest BCUT2D eigenvalue weighted by Crippen LogP contribution is -2.29. The van der Waals surface area contributed by atoms with E-state index in [-0.39, 0.29) is 5.56 Å². The molecule has 0 saturated carbocycles. The molecule has 2 N–H and O–H groups in total. The lowest BCUT2D eigenvalue weighted by molar-refractivity contribution is 0.565. The molecule has 0 fully saturated rings. The molecule has 0 aromatic carbocycles. The van der Waals surface area contributed by atoms with Crippen molar-refractivity contribution in [2.45, 2.75) is 52.0 Å². The number of hydrogen-bond donors (Lipinski definition) is 2. The topological polar surface area (TPSA) is 84.7 Å². The van der Waals surface area contributed by atoms with E-state index in [0.717, 1.165) is 19.4 Å². The number of rotatable bonds is 8. The number of unbranched alkanes of at least 4 members (excludes halogenated alkanes) is 5. The maximum Gasteiger partial charge on any atom is 0.329 e. The summed E-state index contributed by atoms with van der Waals surface area (Å²) in [5.74, 6) is 0.621. The van der Waals surface area contributed by atoms with Crippen LogP contribution in [0.3, 0.4) is 0 Å². The van der Waals surface area contributed by atoms with Gasteiger partial charge in [-0.3, -0.25) is 14.3 Å². The van der Waals surface area contributed by atoms with Gasteiger partial charge >= 0.3 is 5.69 Å². The maximum atomic E-state index is 12.1. The molecule has 0 aliphatic carbocycles. The average molecular weight is 307 g/mol. The second-order valence-electron chi connectivity index (χ2n) is 5.60. The van der Waals surface area contributed by atoms with Crippen LogP contribution in [0, 0.1) is 0 Å². The van der Waals surface area contributed by atoms with Crippen molar-refractivity contribution in [1.29, 1.82) is 0 Å². The van der Waals surface area contributed by atoms with Crippen LogP contribution in [0.5, 0.6) is 0 Å². The van der Waals surface area contributed by atoms with Gasteiger partial charge in [0.1, 0.15) is 0 Å². The number of imidazole rings is 1. The van der Waals surface area contributed by atoms with Crippen molar-refractivity contribution < 1.29 is 0 Å². The molecule has 0 spiro atoms. The summed E-state index contributed by atoms with van der Waals surface area (Å²) in [5, 5.41) is 3.00. The molecular weight excluding hydrogens is 282 g/mol. The van der Waals surface area contributed by atoms with Gasteiger partial charge in [-0.1, -0.05) is 39.0 Å². The summed E-state index contributed by atoms with van der Waals surface area (Å²) in [7, 11) is 3.38. The Morgan fingerprint density at radius 1 is 1.14 bits per heavy atom. The van der Waals surface area contributed by atoms with Crippen molar-refractivity contribution in [2.75, 3.05) is 12.4 Å². The Bertz CT molecular complexity index is 741. The minimum Gasteiger partial charge on any atom is -0.359 e. The highest BCUT2D eigenvalue weighted by molar-refractivity contribution is 5.74. The molecule has 0 aliphatic heterocycles. The molecule has 0 aliphatic rings. The first-order valence-electron chi connectivity index (χ1n) is 7.97. The molecule has 2 heterocycles. The number of hydrogen-bond acceptors (Lipinski definition) is 4. The van der Waals surface area contributed by atoms with Crippen LogP contribution in [0.15, 0.2) is 9.59 Å². The van der Waals surface area contributed by atoms with Crippen LogP contribution in [0.4, 0.5) is 5.95 Å². The van der Waals surface area contributed by atoms with Crippen molar-refractivity contribution in [2.24, 2.45) is 7.05 Å². The van der Waals surface area contributed by atoms with Crippen LogP contribution in [0.25, 0.3) is 11.2 Å². The molecule has 0 radical (unpaired) electrons. The standard InChI is InChI=1S/C15H25N5O2/c1-4-5-6-7-8-9-10-20-11-12(17-14(20)16-2)19(3)15(22)18-13(11)21/h4-10H2,1-3H3,(H,16,17)(H,18,21,22). The molecule has 0 saturated heterocycles. The lowest BCUT2D eigenvalue weighted by atomic mass is 10.1. The second-order valence-corrected chi connectivity index (χ2v) is 5.60. The van der Waals surface area contributed by atoms with Crippen molar-refractivity contribution >= 4 is 17.1 Å². The van der Waals surface area contributed by atoms with Crippen molar-refractivity contribution in [3.8, 4) is 0 Å². The van der Waals surface area contributed by atoms with Crippen molar-refractivity contribution in [3.63, 3.8) is 0 Å². The summed E-state index contributed by atoms with van der Waals surface area (Å²) >= 11 is 0. The molecule has 22 heavy (non-hydrogen) atoms. The van der Waals surface area contributed by atoms with E-state index >= 15 is 0 Å². The Kier molecular flexibility index (Phi) is 5.41. The smallest absolute Gasteiger partial charge is 0.329 e. The van der Waals surface area contributed by atoms with Crippen LogP contribution < -0.4 is 16.6 Å². The predicted octanol–water partition coefficient (Wildman–Crippen LogP) is 1.83. The number of aromatic amines is 1. The predicted molar refractivity (Wildman–Crippen MR) is 88.5 cm³/mol. The summed E-state index contributed by atoms with van der Waals surface area (Å²) in [6.07, 6.45) is 7.11. The van der Waals surface area contributed by atoms with E-state index < -0.39 is 5.69 Å². The number of anilines is 1. The van der Waals surface area contributed by atoms with Gasteiger partial charge in [0.25, 0.3) is 5.56 Å². The summed E-state index contributed by atoms with van der Waals surface area (Å²) in [6, 6.07) is 0. The molecule has 0 bridgehead atoms. The van der Waals surface area contributed by atoms with E-state index in [4.69, 9.17) is 0 Å². The van der Waals surface area contributed by atoms with Crippen molar-refractivity contribution in [1.82, 2.24) is 19.1 Å². The summed E-state index contributed by atoms with van der Waals surface area (Å²) in [4.78, 5) is 30.5. The number of aromatic nitrogens is 4. The Morgan fingerprint density at radius 3 is 2.50 bits per heavy atom. The van der Waals surface area contributed by atoms with Gasteiger partial charge in [0.15, 0.2) is 11.2 Å². The molecule has 122 valence electrons. The largest absolute Gasteiger partial charge is 0.359 e. The first-order chi connectivity index (χ1) is 10.6. The van der Waals surface area contributed by atoms with Gasteiger partial charge in [0, 0.05) is 20.6 Å². The SMILES string of the molecule is CCCCCCCCn1c(NC)nc2c1c(=O)[nH]c(=O)n2C. The van der Waals surface area contributed by atoms with Crippen LogP contribution >= 0.6 is 0 Å². The average Bonchev–Trinajstić information content (AvgIpc) is 2.88. The van der Waals surface area contributed by atoms with E-state index in [0.29, 0.717) is 17.1 Å². The van der Waals surface area contributed by atoms with E-state index in [2.05, 4.69) is 22.2 Å². The molecule has 2 rings (SSSR count). The Labute approximate surface area is 129 Å². The van der Waals surface area contributed by atoms with Gasteiger partial charge in [0.2, 0.25) is 5.95 Å². The zero-order valence-electron chi connectivity index (χ0n) is 13.6. The fourth-order valence-corrected chi connectivity index (χ4v) is 2.69. The molecule has 2 aromatic heterocycles. The number of aryl methyl sites for hydroxylation is 2. The van der Waals surface area contributed by atoms with Gasteiger partial charge < -0.3 is 9.88 Å². The highest BCUT2D eigenvalue weighted by atomic mass is 16.2. The third kappa shape index (κ3) is 3.23. The monoisotopic (exact) mass is 307 g/mol. The summed E-state index contributed by atoms with van der Waals surface area (Å²) in [5.41, 5.74) is 0.0616. The molecular formula is C15H25N5O2. The minimum atomic E-state index is -0.440. The van der Waals surface area contributed by atoms with Crippen LogP contribution in [-0.2, 0) is 13.6 Å². The normalized spacial score (nSPS) is 11.2. The van der Waals surface area contributed by atoms with E-state index in [1.54, 1.807) is 14.1 Å². The number of H-pyrrole nitrogens is 1. The molecule has 2 aromatic rings. The van der Waals surface area contributed by atoms with E-state index in [9.17, 15) is 9.59 Å². The van der Waals surface area contributed by atoms with Crippen LogP contribution in [0.2, 0.25) is 0 Å². The summed E-state index contributed by atoms with van der Waals surface area (Å²) < 4.78 is 3.24. The first-order valence-corrected chi connectivity index (χ1v) is 7.97. The molecule has 0 amide bonds. The Hall–Kier alpha value is -2.05. The molecule has 7 heteroatoms. The quantitative estimate of drug-likeness (QED) is 0.729. The van der Waals surface area contributed by atoms with Gasteiger partial charge in [-0.15, -0.1) is 0 Å². The first kappa shape index (κ1) is 16.3. The lowest BCUT2D eigenvalue weighted by Gasteiger charge is -2.08. The van der Waals surface area contributed by atoms with Crippen molar-refractivity contribution in [3.05, 3.63) is 20.8 Å². The zero-order valence-corrected chi connectivity index (χ0v) is 13.6. The fourth-order valence-electron chi connectivity index (χ4n) is 2.69. The summed E-state index contributed by atoms with van der Waals surface area (Å²) in [6.45, 7) is 2.92. The third-order valence-electron chi connectivity index (χ3n) is 3.97. The maximum absolute atomic E-state index is 12.1. The van der Waals surface area contributed by atoms with Gasteiger partial charge in [-0.2, -0.15) is 4.98 Å². The number of nitrogens with one attached hydrogen (secondary N) is 2. The van der Waals surface area contributed by atoms with Gasteiger partial charge in [0.05, 0.1) is 0 Å².